The van der Waals surface area contributed by atoms with Crippen LogP contribution < -0.4 is 9.47 Å². The average molecular weight is 380 g/mol. The summed E-state index contributed by atoms with van der Waals surface area (Å²) in [5.74, 6) is -0.549. The molecule has 0 heterocycles. The number of ether oxygens (including phenoxy) is 3. The van der Waals surface area contributed by atoms with Crippen molar-refractivity contribution in [1.29, 1.82) is 0 Å². The number of carbonyl (C=O) groups is 2. The SMILES string of the molecule is CCOC(=O)C1C(=O)C=C(c2ccc(OC)cc2OC)CC1c1ccccc1. The Kier molecular flexibility index (Phi) is 6.14. The first-order valence-electron chi connectivity index (χ1n) is 9.27. The molecule has 1 aliphatic rings. The molecular weight excluding hydrogens is 356 g/mol. The fraction of sp³-hybridized carbons (Fsp3) is 0.304. The molecule has 2 unspecified atom stereocenters. The first-order valence-corrected chi connectivity index (χ1v) is 9.27. The van der Waals surface area contributed by atoms with Crippen LogP contribution in [0.3, 0.4) is 0 Å². The first-order chi connectivity index (χ1) is 13.6. The zero-order valence-electron chi connectivity index (χ0n) is 16.3. The van der Waals surface area contributed by atoms with E-state index in [1.807, 2.05) is 42.5 Å². The number of hydrogen-bond acceptors (Lipinski definition) is 5. The number of allylic oxidation sites excluding steroid dienone is 2. The third-order valence-electron chi connectivity index (χ3n) is 4.99. The van der Waals surface area contributed by atoms with E-state index in [0.717, 1.165) is 16.7 Å². The molecule has 0 saturated heterocycles. The first kappa shape index (κ1) is 19.7. The van der Waals surface area contributed by atoms with E-state index in [9.17, 15) is 9.59 Å². The van der Waals surface area contributed by atoms with Crippen LogP contribution in [0, 0.1) is 5.92 Å². The number of benzene rings is 2. The normalized spacial score (nSPS) is 19.0. The predicted octanol–water partition coefficient (Wildman–Crippen LogP) is 4.02. The molecule has 5 nitrogen and oxygen atoms in total. The van der Waals surface area contributed by atoms with Gasteiger partial charge < -0.3 is 14.2 Å². The third kappa shape index (κ3) is 3.93. The quantitative estimate of drug-likeness (QED) is 0.559. The van der Waals surface area contributed by atoms with Crippen molar-refractivity contribution in [3.8, 4) is 11.5 Å². The second kappa shape index (κ2) is 8.74. The number of methoxy groups -OCH3 is 2. The summed E-state index contributed by atoms with van der Waals surface area (Å²) >= 11 is 0. The summed E-state index contributed by atoms with van der Waals surface area (Å²) in [6.07, 6.45) is 2.08. The largest absolute Gasteiger partial charge is 0.497 e. The minimum absolute atomic E-state index is 0.243. The van der Waals surface area contributed by atoms with Gasteiger partial charge in [-0.05, 0) is 42.7 Å². The number of carbonyl (C=O) groups excluding carboxylic acids is 2. The number of esters is 1. The van der Waals surface area contributed by atoms with Gasteiger partial charge in [-0.1, -0.05) is 30.3 Å². The summed E-state index contributed by atoms with van der Waals surface area (Å²) in [6, 6.07) is 15.1. The van der Waals surface area contributed by atoms with Crippen molar-refractivity contribution in [2.45, 2.75) is 19.3 Å². The molecule has 0 aromatic heterocycles. The van der Waals surface area contributed by atoms with Crippen LogP contribution in [0.5, 0.6) is 11.5 Å². The number of rotatable bonds is 6. The molecule has 1 aliphatic carbocycles. The van der Waals surface area contributed by atoms with E-state index in [1.54, 1.807) is 33.3 Å². The number of hydrogen-bond donors (Lipinski definition) is 0. The summed E-state index contributed by atoms with van der Waals surface area (Å²) in [6.45, 7) is 1.99. The molecule has 0 radical (unpaired) electrons. The maximum atomic E-state index is 13.0. The van der Waals surface area contributed by atoms with E-state index in [2.05, 4.69) is 0 Å². The smallest absolute Gasteiger partial charge is 0.317 e. The Morgan fingerprint density at radius 3 is 2.46 bits per heavy atom. The van der Waals surface area contributed by atoms with Crippen molar-refractivity contribution in [1.82, 2.24) is 0 Å². The lowest BCUT2D eigenvalue weighted by Gasteiger charge is -2.30. The van der Waals surface area contributed by atoms with Crippen LogP contribution in [0.2, 0.25) is 0 Å². The molecule has 0 bridgehead atoms. The van der Waals surface area contributed by atoms with Gasteiger partial charge in [-0.15, -0.1) is 0 Å². The summed E-state index contributed by atoms with van der Waals surface area (Å²) < 4.78 is 16.0. The molecule has 146 valence electrons. The maximum absolute atomic E-state index is 13.0. The highest BCUT2D eigenvalue weighted by atomic mass is 16.5. The Bertz CT molecular complexity index is 885. The molecule has 0 N–H and O–H groups in total. The summed E-state index contributed by atoms with van der Waals surface area (Å²) in [5, 5.41) is 0. The second-order valence-electron chi connectivity index (χ2n) is 6.59. The molecule has 0 amide bonds. The van der Waals surface area contributed by atoms with Crippen molar-refractivity contribution >= 4 is 17.3 Å². The molecule has 0 spiro atoms. The standard InChI is InChI=1S/C23H24O5/c1-4-28-23(25)22-19(15-8-6-5-7-9-15)12-16(13-20(22)24)18-11-10-17(26-2)14-21(18)27-3/h5-11,13-14,19,22H,4,12H2,1-3H3. The van der Waals surface area contributed by atoms with Crippen LogP contribution in [0.15, 0.2) is 54.6 Å². The van der Waals surface area contributed by atoms with E-state index in [1.165, 1.54) is 0 Å². The molecule has 28 heavy (non-hydrogen) atoms. The van der Waals surface area contributed by atoms with Gasteiger partial charge in [0.25, 0.3) is 0 Å². The fourth-order valence-corrected chi connectivity index (χ4v) is 3.65. The maximum Gasteiger partial charge on any atom is 0.317 e. The summed E-state index contributed by atoms with van der Waals surface area (Å²) in [5.41, 5.74) is 2.59. The molecule has 0 aliphatic heterocycles. The van der Waals surface area contributed by atoms with Crippen LogP contribution in [-0.2, 0) is 14.3 Å². The number of ketones is 1. The zero-order chi connectivity index (χ0) is 20.1. The van der Waals surface area contributed by atoms with Gasteiger partial charge in [0.2, 0.25) is 0 Å². The lowest BCUT2D eigenvalue weighted by molar-refractivity contribution is -0.151. The van der Waals surface area contributed by atoms with Crippen molar-refractivity contribution in [2.75, 3.05) is 20.8 Å². The predicted molar refractivity (Wildman–Crippen MR) is 106 cm³/mol. The van der Waals surface area contributed by atoms with Crippen LogP contribution >= 0.6 is 0 Å². The van der Waals surface area contributed by atoms with Crippen molar-refractivity contribution in [2.24, 2.45) is 5.92 Å². The van der Waals surface area contributed by atoms with Gasteiger partial charge in [0.1, 0.15) is 17.4 Å². The Morgan fingerprint density at radius 1 is 1.07 bits per heavy atom. The van der Waals surface area contributed by atoms with Gasteiger partial charge in [0.15, 0.2) is 5.78 Å². The summed E-state index contributed by atoms with van der Waals surface area (Å²) in [7, 11) is 3.17. The van der Waals surface area contributed by atoms with Crippen molar-refractivity contribution in [3.05, 3.63) is 65.7 Å². The topological polar surface area (TPSA) is 61.8 Å². The van der Waals surface area contributed by atoms with Gasteiger partial charge in [-0.2, -0.15) is 0 Å². The van der Waals surface area contributed by atoms with E-state index < -0.39 is 11.9 Å². The average Bonchev–Trinajstić information content (AvgIpc) is 2.73. The molecule has 2 atom stereocenters. The van der Waals surface area contributed by atoms with Crippen molar-refractivity contribution < 1.29 is 23.8 Å². The van der Waals surface area contributed by atoms with Gasteiger partial charge in [-0.3, -0.25) is 9.59 Å². The highest BCUT2D eigenvalue weighted by Crippen LogP contribution is 2.43. The highest BCUT2D eigenvalue weighted by molar-refractivity contribution is 6.11. The molecule has 3 rings (SSSR count). The van der Waals surface area contributed by atoms with E-state index in [4.69, 9.17) is 14.2 Å². The van der Waals surface area contributed by atoms with Crippen LogP contribution in [0.4, 0.5) is 0 Å². The van der Waals surface area contributed by atoms with Gasteiger partial charge in [0, 0.05) is 17.5 Å². The Balaban J connectivity index is 2.05. The monoisotopic (exact) mass is 380 g/mol. The van der Waals surface area contributed by atoms with Gasteiger partial charge in [0.05, 0.1) is 20.8 Å². The van der Waals surface area contributed by atoms with E-state index in [0.29, 0.717) is 17.9 Å². The Hall–Kier alpha value is -3.08. The molecule has 5 heteroatoms. The Morgan fingerprint density at radius 2 is 1.82 bits per heavy atom. The molecule has 2 aromatic carbocycles. The van der Waals surface area contributed by atoms with Crippen LogP contribution in [-0.4, -0.2) is 32.6 Å². The minimum Gasteiger partial charge on any atom is -0.497 e. The fourth-order valence-electron chi connectivity index (χ4n) is 3.65. The van der Waals surface area contributed by atoms with Crippen molar-refractivity contribution in [3.63, 3.8) is 0 Å². The highest BCUT2D eigenvalue weighted by Gasteiger charge is 2.40. The van der Waals surface area contributed by atoms with E-state index >= 15 is 0 Å². The molecule has 0 fully saturated rings. The minimum atomic E-state index is -0.838. The van der Waals surface area contributed by atoms with E-state index in [-0.39, 0.29) is 18.3 Å². The van der Waals surface area contributed by atoms with Crippen LogP contribution in [0.1, 0.15) is 30.4 Å². The molecular formula is C23H24O5. The zero-order valence-corrected chi connectivity index (χ0v) is 16.3. The molecule has 2 aromatic rings. The van der Waals surface area contributed by atoms with Gasteiger partial charge in [-0.25, -0.2) is 0 Å². The Labute approximate surface area is 164 Å². The molecule has 0 saturated carbocycles. The third-order valence-corrected chi connectivity index (χ3v) is 4.99. The lowest BCUT2D eigenvalue weighted by Crippen LogP contribution is -2.34. The lowest BCUT2D eigenvalue weighted by atomic mass is 9.73. The van der Waals surface area contributed by atoms with Crippen LogP contribution in [0.25, 0.3) is 5.57 Å². The van der Waals surface area contributed by atoms with Gasteiger partial charge >= 0.3 is 5.97 Å². The second-order valence-corrected chi connectivity index (χ2v) is 6.59. The summed E-state index contributed by atoms with van der Waals surface area (Å²) in [4.78, 5) is 25.5.